The third kappa shape index (κ3) is 4.46. The van der Waals surface area contributed by atoms with E-state index in [1.54, 1.807) is 19.2 Å². The number of fused-ring (bicyclic) bond motifs is 4. The van der Waals surface area contributed by atoms with Crippen molar-refractivity contribution in [3.63, 3.8) is 0 Å². The summed E-state index contributed by atoms with van der Waals surface area (Å²) >= 11 is 0. The molecule has 0 aromatic heterocycles. The van der Waals surface area contributed by atoms with E-state index in [-0.39, 0.29) is 23.1 Å². The maximum Gasteiger partial charge on any atom is 0.338 e. The molecule has 5 fully saturated rings. The number of carbonyl (C=O) groups is 1. The first-order valence-electron chi connectivity index (χ1n) is 16.1. The first-order valence-corrected chi connectivity index (χ1v) is 16.1. The first kappa shape index (κ1) is 27.6. The lowest BCUT2D eigenvalue weighted by Crippen LogP contribution is -2.59. The summed E-state index contributed by atoms with van der Waals surface area (Å²) in [6.45, 7) is 12.5. The van der Waals surface area contributed by atoms with Gasteiger partial charge in [-0.1, -0.05) is 53.9 Å². The van der Waals surface area contributed by atoms with Crippen molar-refractivity contribution >= 4 is 5.97 Å². The van der Waals surface area contributed by atoms with Gasteiger partial charge in [0.1, 0.15) is 17.5 Å². The number of hydrogen-bond acceptors (Lipinski definition) is 4. The number of rotatable bonds is 8. The number of carbonyl (C=O) groups excluding carboxylic acids is 1. The molecular formula is C35H52O4. The molecule has 1 saturated heterocycles. The maximum atomic E-state index is 12.9. The minimum Gasteiger partial charge on any atom is -0.497 e. The van der Waals surface area contributed by atoms with E-state index in [9.17, 15) is 4.79 Å². The molecule has 4 saturated carbocycles. The molecule has 0 amide bonds. The highest BCUT2D eigenvalue weighted by Crippen LogP contribution is 2.74. The summed E-state index contributed by atoms with van der Waals surface area (Å²) < 4.78 is 18.1. The van der Waals surface area contributed by atoms with Crippen LogP contribution in [0.3, 0.4) is 0 Å². The average Bonchev–Trinajstić information content (AvgIpc) is 3.49. The van der Waals surface area contributed by atoms with Crippen molar-refractivity contribution in [1.82, 2.24) is 0 Å². The van der Waals surface area contributed by atoms with Gasteiger partial charge < -0.3 is 14.2 Å². The van der Waals surface area contributed by atoms with Crippen LogP contribution in [0.1, 0.15) is 116 Å². The third-order valence-corrected chi connectivity index (χ3v) is 12.8. The lowest BCUT2D eigenvalue weighted by molar-refractivity contribution is -0.118. The van der Waals surface area contributed by atoms with Crippen LogP contribution in [0.2, 0.25) is 0 Å². The molecule has 4 aliphatic carbocycles. The Bertz CT molecular complexity index is 1050. The quantitative estimate of drug-likeness (QED) is 0.247. The van der Waals surface area contributed by atoms with Gasteiger partial charge in [-0.25, -0.2) is 4.79 Å². The van der Waals surface area contributed by atoms with Crippen LogP contribution in [-0.2, 0) is 9.47 Å². The lowest BCUT2D eigenvalue weighted by Gasteiger charge is -2.59. The molecule has 0 bridgehead atoms. The smallest absolute Gasteiger partial charge is 0.338 e. The molecule has 1 aromatic carbocycles. The van der Waals surface area contributed by atoms with Crippen LogP contribution in [0.25, 0.3) is 0 Å². The van der Waals surface area contributed by atoms with E-state index in [0.717, 1.165) is 60.5 Å². The summed E-state index contributed by atoms with van der Waals surface area (Å²) in [5.41, 5.74) is 1.24. The number of esters is 1. The molecule has 4 nitrogen and oxygen atoms in total. The zero-order chi connectivity index (χ0) is 27.6. The third-order valence-electron chi connectivity index (χ3n) is 12.8. The largest absolute Gasteiger partial charge is 0.497 e. The van der Waals surface area contributed by atoms with Gasteiger partial charge in [0.15, 0.2) is 0 Å². The summed E-state index contributed by atoms with van der Waals surface area (Å²) in [5, 5.41) is 0. The molecule has 0 unspecified atom stereocenters. The minimum atomic E-state index is -0.221. The van der Waals surface area contributed by atoms with Crippen LogP contribution in [0, 0.1) is 46.3 Å². The number of methoxy groups -OCH3 is 1. The number of hydrogen-bond donors (Lipinski definition) is 0. The SMILES string of the molecule is COc1ccc(C(=O)O[C@@H]2CC[C@]3(C)[C@@H]4CC[C@@]5(C)[C@@H](CC[C@H]5[C@H](C)CCCC(C)C)[C@H]4C[C@@H]4O[C@@]43C2)cc1. The van der Waals surface area contributed by atoms with Crippen LogP contribution in [0.4, 0.5) is 0 Å². The van der Waals surface area contributed by atoms with Crippen molar-refractivity contribution in [3.05, 3.63) is 29.8 Å². The zero-order valence-corrected chi connectivity index (χ0v) is 25.3. The fourth-order valence-corrected chi connectivity index (χ4v) is 10.7. The van der Waals surface area contributed by atoms with Crippen molar-refractivity contribution in [3.8, 4) is 5.75 Å². The van der Waals surface area contributed by atoms with E-state index < -0.39 is 0 Å². The summed E-state index contributed by atoms with van der Waals surface area (Å²) in [7, 11) is 1.64. The molecule has 0 radical (unpaired) electrons. The molecule has 1 aromatic rings. The van der Waals surface area contributed by atoms with Crippen molar-refractivity contribution in [2.24, 2.45) is 46.3 Å². The summed E-state index contributed by atoms with van der Waals surface area (Å²) in [6.07, 6.45) is 14.3. The normalized spacial score (nSPS) is 43.1. The Balaban J connectivity index is 1.12. The van der Waals surface area contributed by atoms with Gasteiger partial charge in [-0.15, -0.1) is 0 Å². The van der Waals surface area contributed by atoms with E-state index >= 15 is 0 Å². The predicted octanol–water partition coefficient (Wildman–Crippen LogP) is 8.47. The molecule has 1 heterocycles. The van der Waals surface area contributed by atoms with Crippen LogP contribution >= 0.6 is 0 Å². The van der Waals surface area contributed by atoms with Gasteiger partial charge in [0.05, 0.1) is 18.8 Å². The Morgan fingerprint density at radius 2 is 1.77 bits per heavy atom. The van der Waals surface area contributed by atoms with E-state index in [0.29, 0.717) is 17.1 Å². The second-order valence-electron chi connectivity index (χ2n) is 15.1. The van der Waals surface area contributed by atoms with Gasteiger partial charge in [-0.05, 0) is 110 Å². The van der Waals surface area contributed by atoms with Gasteiger partial charge >= 0.3 is 5.97 Å². The summed E-state index contributed by atoms with van der Waals surface area (Å²) in [6, 6.07) is 7.25. The van der Waals surface area contributed by atoms with Crippen molar-refractivity contribution in [2.45, 2.75) is 123 Å². The molecule has 5 aliphatic rings. The molecule has 4 heteroatoms. The fraction of sp³-hybridized carbons (Fsp3) is 0.800. The second kappa shape index (κ2) is 10.1. The standard InChI is InChI=1S/C35H52O4/c1-22(2)8-7-9-23(3)28-14-15-29-27-20-31-35(39-31)21-26(38-32(36)24-10-12-25(37-6)13-11-24)16-19-34(35,5)30(27)17-18-33(28,29)4/h10-13,22-23,26-31H,7-9,14-21H2,1-6H3/t23-,26-,27-,28+,29+,30-,31+,33-,34-,35+/m1/s1. The Morgan fingerprint density at radius 1 is 1.00 bits per heavy atom. The lowest BCUT2D eigenvalue weighted by atomic mass is 9.44. The van der Waals surface area contributed by atoms with Crippen molar-refractivity contribution in [2.75, 3.05) is 7.11 Å². The molecular weight excluding hydrogens is 484 g/mol. The van der Waals surface area contributed by atoms with Crippen LogP contribution in [0.5, 0.6) is 5.75 Å². The monoisotopic (exact) mass is 536 g/mol. The van der Waals surface area contributed by atoms with Crippen LogP contribution < -0.4 is 4.74 Å². The number of ether oxygens (including phenoxy) is 3. The summed E-state index contributed by atoms with van der Waals surface area (Å²) in [4.78, 5) is 12.9. The number of epoxide rings is 1. The zero-order valence-electron chi connectivity index (χ0n) is 25.3. The van der Waals surface area contributed by atoms with E-state index in [1.165, 1.54) is 51.4 Å². The number of benzene rings is 1. The van der Waals surface area contributed by atoms with Gasteiger partial charge in [-0.3, -0.25) is 0 Å². The molecule has 1 spiro atoms. The van der Waals surface area contributed by atoms with Gasteiger partial charge in [0.25, 0.3) is 0 Å². The minimum absolute atomic E-state index is 0.0503. The molecule has 0 N–H and O–H groups in total. The van der Waals surface area contributed by atoms with Crippen LogP contribution in [0.15, 0.2) is 24.3 Å². The first-order chi connectivity index (χ1) is 18.6. The van der Waals surface area contributed by atoms with E-state index in [1.807, 2.05) is 12.1 Å². The van der Waals surface area contributed by atoms with Gasteiger partial charge in [0, 0.05) is 11.8 Å². The predicted molar refractivity (Wildman–Crippen MR) is 155 cm³/mol. The molecule has 10 atom stereocenters. The Hall–Kier alpha value is -1.55. The van der Waals surface area contributed by atoms with Crippen molar-refractivity contribution < 1.29 is 19.0 Å². The highest BCUT2D eigenvalue weighted by Gasteiger charge is 2.76. The molecule has 1 aliphatic heterocycles. The molecule has 39 heavy (non-hydrogen) atoms. The van der Waals surface area contributed by atoms with Crippen molar-refractivity contribution in [1.29, 1.82) is 0 Å². The maximum absolute atomic E-state index is 12.9. The Kier molecular flexibility index (Phi) is 7.13. The Morgan fingerprint density at radius 3 is 2.49 bits per heavy atom. The van der Waals surface area contributed by atoms with E-state index in [4.69, 9.17) is 14.2 Å². The highest BCUT2D eigenvalue weighted by atomic mass is 16.6. The fourth-order valence-electron chi connectivity index (χ4n) is 10.7. The van der Waals surface area contributed by atoms with Gasteiger partial charge in [-0.2, -0.15) is 0 Å². The molecule has 6 rings (SSSR count). The van der Waals surface area contributed by atoms with E-state index in [2.05, 4.69) is 34.6 Å². The molecule has 216 valence electrons. The summed E-state index contributed by atoms with van der Waals surface area (Å²) in [5.74, 6) is 5.51. The highest BCUT2D eigenvalue weighted by molar-refractivity contribution is 5.89. The van der Waals surface area contributed by atoms with Gasteiger partial charge in [0.2, 0.25) is 0 Å². The van der Waals surface area contributed by atoms with Crippen LogP contribution in [-0.4, -0.2) is 30.9 Å². The second-order valence-corrected chi connectivity index (χ2v) is 15.1. The Labute approximate surface area is 236 Å². The average molecular weight is 537 g/mol. The topological polar surface area (TPSA) is 48.1 Å².